The predicted molar refractivity (Wildman–Crippen MR) is 125 cm³/mol. The lowest BCUT2D eigenvalue weighted by Crippen LogP contribution is -2.42. The zero-order chi connectivity index (χ0) is 22.2. The summed E-state index contributed by atoms with van der Waals surface area (Å²) in [6.45, 7) is 0.417. The van der Waals surface area contributed by atoms with Crippen molar-refractivity contribution in [3.8, 4) is 0 Å². The molecule has 1 aliphatic rings. The SMILES string of the molecule is NC(=O)c1nc2c(s1)C(c1ccccc1N)N(C(=O)Nc1cnc3ccccc3c1)CC2. The van der Waals surface area contributed by atoms with Crippen LogP contribution in [0.1, 0.15) is 32.0 Å². The number of para-hydroxylation sites is 2. The molecule has 3 heterocycles. The third-order valence-electron chi connectivity index (χ3n) is 5.48. The number of anilines is 2. The number of primary amides is 1. The number of hydrogen-bond acceptors (Lipinski definition) is 6. The van der Waals surface area contributed by atoms with Crippen molar-refractivity contribution in [2.24, 2.45) is 5.73 Å². The molecule has 8 nitrogen and oxygen atoms in total. The molecule has 160 valence electrons. The number of urea groups is 1. The van der Waals surface area contributed by atoms with Crippen molar-refractivity contribution < 1.29 is 9.59 Å². The van der Waals surface area contributed by atoms with Crippen molar-refractivity contribution in [1.82, 2.24) is 14.9 Å². The highest BCUT2D eigenvalue weighted by Crippen LogP contribution is 2.41. The van der Waals surface area contributed by atoms with Crippen LogP contribution in [-0.2, 0) is 6.42 Å². The minimum atomic E-state index is -0.581. The molecule has 2 aromatic carbocycles. The molecular weight excluding hydrogens is 424 g/mol. The van der Waals surface area contributed by atoms with Gasteiger partial charge in [0, 0.05) is 29.6 Å². The van der Waals surface area contributed by atoms with Crippen molar-refractivity contribution in [1.29, 1.82) is 0 Å². The molecule has 3 amide bonds. The number of fused-ring (bicyclic) bond motifs is 2. The van der Waals surface area contributed by atoms with Crippen LogP contribution >= 0.6 is 11.3 Å². The third kappa shape index (κ3) is 3.52. The number of hydrogen-bond donors (Lipinski definition) is 3. The molecule has 0 aliphatic carbocycles. The maximum Gasteiger partial charge on any atom is 0.322 e. The average molecular weight is 445 g/mol. The van der Waals surface area contributed by atoms with Gasteiger partial charge in [0.25, 0.3) is 5.91 Å². The maximum absolute atomic E-state index is 13.4. The summed E-state index contributed by atoms with van der Waals surface area (Å²) in [6.07, 6.45) is 2.16. The van der Waals surface area contributed by atoms with Gasteiger partial charge in [0.05, 0.1) is 34.0 Å². The number of nitrogens with one attached hydrogen (secondary N) is 1. The predicted octanol–water partition coefficient (Wildman–Crippen LogP) is 3.55. The first-order valence-corrected chi connectivity index (χ1v) is 10.9. The number of carbonyl (C=O) groups is 2. The number of nitrogens with zero attached hydrogens (tertiary/aromatic N) is 3. The highest BCUT2D eigenvalue weighted by atomic mass is 32.1. The van der Waals surface area contributed by atoms with E-state index in [1.165, 1.54) is 11.3 Å². The normalized spacial score (nSPS) is 15.4. The number of nitrogen functional groups attached to an aromatic ring is 1. The maximum atomic E-state index is 13.4. The topological polar surface area (TPSA) is 127 Å². The van der Waals surface area contributed by atoms with Gasteiger partial charge in [0.2, 0.25) is 0 Å². The Balaban J connectivity index is 1.52. The number of rotatable bonds is 3. The van der Waals surface area contributed by atoms with Gasteiger partial charge in [-0.15, -0.1) is 11.3 Å². The van der Waals surface area contributed by atoms with Gasteiger partial charge in [-0.3, -0.25) is 9.78 Å². The molecule has 0 fully saturated rings. The fraction of sp³-hybridized carbons (Fsp3) is 0.130. The lowest BCUT2D eigenvalue weighted by Gasteiger charge is -2.35. The minimum Gasteiger partial charge on any atom is -0.398 e. The van der Waals surface area contributed by atoms with Gasteiger partial charge < -0.3 is 21.7 Å². The molecule has 5 rings (SSSR count). The van der Waals surface area contributed by atoms with Crippen LogP contribution in [0.3, 0.4) is 0 Å². The van der Waals surface area contributed by atoms with Gasteiger partial charge in [-0.05, 0) is 18.2 Å². The fourth-order valence-electron chi connectivity index (χ4n) is 3.98. The smallest absolute Gasteiger partial charge is 0.322 e. The van der Waals surface area contributed by atoms with E-state index in [9.17, 15) is 9.59 Å². The zero-order valence-corrected chi connectivity index (χ0v) is 17.8. The Bertz CT molecular complexity index is 1350. The summed E-state index contributed by atoms with van der Waals surface area (Å²) in [6, 6.07) is 16.2. The Labute approximate surface area is 187 Å². The quantitative estimate of drug-likeness (QED) is 0.417. The van der Waals surface area contributed by atoms with Crippen LogP contribution in [0.5, 0.6) is 0 Å². The highest BCUT2D eigenvalue weighted by Gasteiger charge is 2.36. The lowest BCUT2D eigenvalue weighted by molar-refractivity contribution is 0.0999. The molecule has 5 N–H and O–H groups in total. The Morgan fingerprint density at radius 2 is 1.91 bits per heavy atom. The van der Waals surface area contributed by atoms with E-state index >= 15 is 0 Å². The molecule has 4 aromatic rings. The third-order valence-corrected chi connectivity index (χ3v) is 6.65. The van der Waals surface area contributed by atoms with E-state index in [0.29, 0.717) is 24.3 Å². The molecule has 1 unspecified atom stereocenters. The van der Waals surface area contributed by atoms with Crippen LogP contribution in [0.15, 0.2) is 60.8 Å². The molecule has 0 radical (unpaired) electrons. The number of benzene rings is 2. The Hall–Kier alpha value is -3.98. The van der Waals surface area contributed by atoms with Crippen molar-refractivity contribution in [3.05, 3.63) is 81.9 Å². The van der Waals surface area contributed by atoms with E-state index in [1.807, 2.05) is 48.5 Å². The van der Waals surface area contributed by atoms with Gasteiger partial charge >= 0.3 is 6.03 Å². The standard InChI is InChI=1S/C23H20N6O2S/c24-16-7-3-2-6-15(16)19-20-18(28-22(32-20)21(25)30)9-10-29(19)23(31)27-14-11-13-5-1-4-8-17(13)26-12-14/h1-8,11-12,19H,9-10,24H2,(H2,25,30)(H,27,31). The van der Waals surface area contributed by atoms with Crippen LogP contribution in [-0.4, -0.2) is 33.4 Å². The zero-order valence-electron chi connectivity index (χ0n) is 17.0. The summed E-state index contributed by atoms with van der Waals surface area (Å²) in [5.41, 5.74) is 15.3. The number of aromatic nitrogens is 2. The highest BCUT2D eigenvalue weighted by molar-refractivity contribution is 7.13. The molecule has 1 aliphatic heterocycles. The Morgan fingerprint density at radius 3 is 2.72 bits per heavy atom. The minimum absolute atomic E-state index is 0.232. The number of carbonyl (C=O) groups excluding carboxylic acids is 2. The number of amides is 3. The summed E-state index contributed by atoms with van der Waals surface area (Å²) in [7, 11) is 0. The first-order chi connectivity index (χ1) is 15.5. The first-order valence-electron chi connectivity index (χ1n) is 10.1. The van der Waals surface area contributed by atoms with E-state index in [-0.39, 0.29) is 11.0 Å². The van der Waals surface area contributed by atoms with E-state index < -0.39 is 11.9 Å². The van der Waals surface area contributed by atoms with E-state index in [2.05, 4.69) is 15.3 Å². The molecular formula is C23H20N6O2S. The second-order valence-electron chi connectivity index (χ2n) is 7.52. The Morgan fingerprint density at radius 1 is 1.12 bits per heavy atom. The van der Waals surface area contributed by atoms with E-state index in [0.717, 1.165) is 27.0 Å². The van der Waals surface area contributed by atoms with Gasteiger partial charge in [-0.25, -0.2) is 9.78 Å². The summed E-state index contributed by atoms with van der Waals surface area (Å²) >= 11 is 1.21. The Kier molecular flexibility index (Phi) is 4.95. The van der Waals surface area contributed by atoms with Crippen LogP contribution in [0.25, 0.3) is 10.9 Å². The molecule has 0 saturated carbocycles. The van der Waals surface area contributed by atoms with Crippen molar-refractivity contribution >= 4 is 45.6 Å². The molecule has 32 heavy (non-hydrogen) atoms. The van der Waals surface area contributed by atoms with Gasteiger partial charge in [-0.2, -0.15) is 0 Å². The van der Waals surface area contributed by atoms with E-state index in [1.54, 1.807) is 17.2 Å². The summed E-state index contributed by atoms with van der Waals surface area (Å²) in [4.78, 5) is 36.5. The fourth-order valence-corrected chi connectivity index (χ4v) is 5.08. The monoisotopic (exact) mass is 444 g/mol. The number of thiazole rings is 1. The average Bonchev–Trinajstić information content (AvgIpc) is 3.24. The van der Waals surface area contributed by atoms with Gasteiger partial charge in [-0.1, -0.05) is 36.4 Å². The van der Waals surface area contributed by atoms with Crippen LogP contribution in [0, 0.1) is 0 Å². The van der Waals surface area contributed by atoms with Crippen molar-refractivity contribution in [2.75, 3.05) is 17.6 Å². The molecule has 0 saturated heterocycles. The lowest BCUT2D eigenvalue weighted by atomic mass is 9.96. The first kappa shape index (κ1) is 20.0. The summed E-state index contributed by atoms with van der Waals surface area (Å²) in [5, 5.41) is 4.13. The van der Waals surface area contributed by atoms with Gasteiger partial charge in [0.15, 0.2) is 5.01 Å². The van der Waals surface area contributed by atoms with Crippen molar-refractivity contribution in [2.45, 2.75) is 12.5 Å². The number of pyridine rings is 1. The van der Waals surface area contributed by atoms with E-state index in [4.69, 9.17) is 11.5 Å². The summed E-state index contributed by atoms with van der Waals surface area (Å²) in [5.74, 6) is -0.581. The summed E-state index contributed by atoms with van der Waals surface area (Å²) < 4.78 is 0. The van der Waals surface area contributed by atoms with Crippen LogP contribution in [0.2, 0.25) is 0 Å². The number of nitrogens with two attached hydrogens (primary N) is 2. The second kappa shape index (κ2) is 7.93. The second-order valence-corrected chi connectivity index (χ2v) is 8.55. The molecule has 1 atom stereocenters. The van der Waals surface area contributed by atoms with Crippen LogP contribution in [0.4, 0.5) is 16.2 Å². The molecule has 0 spiro atoms. The van der Waals surface area contributed by atoms with Gasteiger partial charge in [0.1, 0.15) is 0 Å². The van der Waals surface area contributed by atoms with Crippen LogP contribution < -0.4 is 16.8 Å². The largest absolute Gasteiger partial charge is 0.398 e. The van der Waals surface area contributed by atoms with Crippen molar-refractivity contribution in [3.63, 3.8) is 0 Å². The molecule has 2 aromatic heterocycles. The molecule has 0 bridgehead atoms. The molecule has 9 heteroatoms.